The zero-order valence-corrected chi connectivity index (χ0v) is 13.8. The monoisotopic (exact) mass is 350 g/mol. The van der Waals surface area contributed by atoms with E-state index in [0.29, 0.717) is 18.0 Å². The number of nitrogens with zero attached hydrogens (tertiary/aromatic N) is 2. The predicted octanol–water partition coefficient (Wildman–Crippen LogP) is 2.92. The second-order valence-electron chi connectivity index (χ2n) is 5.23. The van der Waals surface area contributed by atoms with Crippen LogP contribution in [0.2, 0.25) is 5.02 Å². The highest BCUT2D eigenvalue weighted by Crippen LogP contribution is 2.27. The number of rotatable bonds is 3. The maximum atomic E-state index is 12.6. The van der Waals surface area contributed by atoms with Crippen molar-refractivity contribution >= 4 is 27.2 Å². The van der Waals surface area contributed by atoms with Crippen LogP contribution in [0.25, 0.3) is 5.57 Å². The van der Waals surface area contributed by atoms with Gasteiger partial charge in [0.25, 0.3) is 0 Å². The van der Waals surface area contributed by atoms with E-state index >= 15 is 0 Å². The third-order valence-electron chi connectivity index (χ3n) is 3.72. The summed E-state index contributed by atoms with van der Waals surface area (Å²) >= 11 is 5.80. The molecule has 1 aromatic carbocycles. The average molecular weight is 351 g/mol. The first-order chi connectivity index (χ1) is 11.0. The SMILES string of the molecule is O=S(=O)(c1ccc(Cl)cc1)N1CC=C(c2cncc(O)c2)CC1. The molecular weight excluding hydrogens is 336 g/mol. The topological polar surface area (TPSA) is 70.5 Å². The highest BCUT2D eigenvalue weighted by atomic mass is 35.5. The van der Waals surface area contributed by atoms with Gasteiger partial charge in [0.2, 0.25) is 10.0 Å². The van der Waals surface area contributed by atoms with Crippen molar-refractivity contribution in [3.05, 3.63) is 59.4 Å². The van der Waals surface area contributed by atoms with Crippen LogP contribution >= 0.6 is 11.6 Å². The van der Waals surface area contributed by atoms with Crippen LogP contribution in [0.5, 0.6) is 5.75 Å². The maximum Gasteiger partial charge on any atom is 0.243 e. The molecule has 0 saturated heterocycles. The molecule has 1 aliphatic rings. The third kappa shape index (κ3) is 3.39. The van der Waals surface area contributed by atoms with Gasteiger partial charge in [-0.2, -0.15) is 4.31 Å². The van der Waals surface area contributed by atoms with Crippen molar-refractivity contribution in [1.82, 2.24) is 9.29 Å². The molecule has 2 heterocycles. The fourth-order valence-electron chi connectivity index (χ4n) is 2.49. The van der Waals surface area contributed by atoms with Crippen molar-refractivity contribution in [2.75, 3.05) is 13.1 Å². The van der Waals surface area contributed by atoms with Gasteiger partial charge in [0, 0.05) is 24.3 Å². The van der Waals surface area contributed by atoms with E-state index in [4.69, 9.17) is 11.6 Å². The first kappa shape index (κ1) is 16.0. The minimum absolute atomic E-state index is 0.0969. The summed E-state index contributed by atoms with van der Waals surface area (Å²) in [5, 5.41) is 9.99. The van der Waals surface area contributed by atoms with E-state index in [0.717, 1.165) is 11.1 Å². The summed E-state index contributed by atoms with van der Waals surface area (Å²) in [7, 11) is -3.53. The number of aromatic nitrogens is 1. The van der Waals surface area contributed by atoms with E-state index < -0.39 is 10.0 Å². The molecule has 120 valence electrons. The minimum Gasteiger partial charge on any atom is -0.506 e. The largest absolute Gasteiger partial charge is 0.506 e. The summed E-state index contributed by atoms with van der Waals surface area (Å²) in [4.78, 5) is 4.18. The second-order valence-corrected chi connectivity index (χ2v) is 7.60. The number of hydrogen-bond acceptors (Lipinski definition) is 4. The van der Waals surface area contributed by atoms with Crippen molar-refractivity contribution in [2.24, 2.45) is 0 Å². The van der Waals surface area contributed by atoms with E-state index in [1.54, 1.807) is 24.4 Å². The lowest BCUT2D eigenvalue weighted by atomic mass is 10.0. The van der Waals surface area contributed by atoms with Crippen LogP contribution in [0.1, 0.15) is 12.0 Å². The Kier molecular flexibility index (Phi) is 4.39. The van der Waals surface area contributed by atoms with Gasteiger partial charge in [0.15, 0.2) is 0 Å². The summed E-state index contributed by atoms with van der Waals surface area (Å²) in [6.07, 6.45) is 5.45. The molecule has 0 spiro atoms. The van der Waals surface area contributed by atoms with E-state index in [1.165, 1.54) is 22.6 Å². The lowest BCUT2D eigenvalue weighted by Gasteiger charge is -2.26. The molecule has 1 aromatic heterocycles. The molecule has 0 unspecified atom stereocenters. The van der Waals surface area contributed by atoms with Crippen LogP contribution in [-0.2, 0) is 10.0 Å². The Morgan fingerprint density at radius 3 is 2.52 bits per heavy atom. The summed E-state index contributed by atoms with van der Waals surface area (Å²) in [6, 6.07) is 7.78. The lowest BCUT2D eigenvalue weighted by Crippen LogP contribution is -2.34. The molecule has 0 saturated carbocycles. The number of pyridine rings is 1. The highest BCUT2D eigenvalue weighted by molar-refractivity contribution is 7.89. The van der Waals surface area contributed by atoms with E-state index in [-0.39, 0.29) is 17.2 Å². The van der Waals surface area contributed by atoms with E-state index in [2.05, 4.69) is 4.98 Å². The van der Waals surface area contributed by atoms with Gasteiger partial charge in [-0.05, 0) is 47.9 Å². The summed E-state index contributed by atoms with van der Waals surface area (Å²) in [5.74, 6) is 0.0969. The Balaban J connectivity index is 1.81. The van der Waals surface area contributed by atoms with Gasteiger partial charge in [0.05, 0.1) is 11.1 Å². The summed E-state index contributed by atoms with van der Waals surface area (Å²) in [5.41, 5.74) is 1.80. The molecule has 5 nitrogen and oxygen atoms in total. The van der Waals surface area contributed by atoms with Crippen LogP contribution in [0.3, 0.4) is 0 Å². The first-order valence-electron chi connectivity index (χ1n) is 7.06. The van der Waals surface area contributed by atoms with Gasteiger partial charge in [0.1, 0.15) is 5.75 Å². The lowest BCUT2D eigenvalue weighted by molar-refractivity contribution is 0.441. The maximum absolute atomic E-state index is 12.6. The van der Waals surface area contributed by atoms with Gasteiger partial charge in [-0.3, -0.25) is 4.98 Å². The fourth-order valence-corrected chi connectivity index (χ4v) is 4.00. The van der Waals surface area contributed by atoms with E-state index in [9.17, 15) is 13.5 Å². The highest BCUT2D eigenvalue weighted by Gasteiger charge is 2.26. The van der Waals surface area contributed by atoms with Crippen molar-refractivity contribution in [3.8, 4) is 5.75 Å². The molecule has 0 bridgehead atoms. The summed E-state index contributed by atoms with van der Waals surface area (Å²) in [6.45, 7) is 0.669. The molecular formula is C16H15ClN2O3S. The Morgan fingerprint density at radius 2 is 1.91 bits per heavy atom. The number of aromatic hydroxyl groups is 1. The first-order valence-corrected chi connectivity index (χ1v) is 8.88. The molecule has 0 fully saturated rings. The van der Waals surface area contributed by atoms with Crippen molar-refractivity contribution in [2.45, 2.75) is 11.3 Å². The smallest absolute Gasteiger partial charge is 0.243 e. The zero-order valence-electron chi connectivity index (χ0n) is 12.2. The Bertz CT molecular complexity index is 848. The standard InChI is InChI=1S/C16H15ClN2O3S/c17-14-1-3-16(4-2-14)23(21,22)19-7-5-12(6-8-19)13-9-15(20)11-18-10-13/h1-5,9-11,20H,6-8H2. The van der Waals surface area contributed by atoms with Gasteiger partial charge in [-0.25, -0.2) is 8.42 Å². The van der Waals surface area contributed by atoms with Gasteiger partial charge in [-0.15, -0.1) is 0 Å². The molecule has 2 aromatic rings. The van der Waals surface area contributed by atoms with Crippen molar-refractivity contribution in [1.29, 1.82) is 0 Å². The normalized spacial score (nSPS) is 16.1. The Hall–Kier alpha value is -1.89. The summed E-state index contributed by atoms with van der Waals surface area (Å²) < 4.78 is 26.6. The minimum atomic E-state index is -3.53. The van der Waals surface area contributed by atoms with Gasteiger partial charge in [-0.1, -0.05) is 17.7 Å². The fraction of sp³-hybridized carbons (Fsp3) is 0.188. The zero-order chi connectivity index (χ0) is 16.4. The number of sulfonamides is 1. The van der Waals surface area contributed by atoms with E-state index in [1.807, 2.05) is 6.08 Å². The number of benzene rings is 1. The molecule has 0 aliphatic carbocycles. The van der Waals surface area contributed by atoms with Crippen LogP contribution in [0, 0.1) is 0 Å². The molecule has 1 N–H and O–H groups in total. The Morgan fingerprint density at radius 1 is 1.17 bits per heavy atom. The molecule has 3 rings (SSSR count). The third-order valence-corrected chi connectivity index (χ3v) is 5.85. The molecule has 1 aliphatic heterocycles. The Labute approximate surface area is 139 Å². The quantitative estimate of drug-likeness (QED) is 0.924. The van der Waals surface area contributed by atoms with Crippen molar-refractivity contribution < 1.29 is 13.5 Å². The molecule has 0 radical (unpaired) electrons. The number of halogens is 1. The predicted molar refractivity (Wildman–Crippen MR) is 88.7 cm³/mol. The van der Waals surface area contributed by atoms with Crippen LogP contribution in [-0.4, -0.2) is 35.9 Å². The average Bonchev–Trinajstić information content (AvgIpc) is 2.55. The van der Waals surface area contributed by atoms with Crippen LogP contribution < -0.4 is 0 Å². The van der Waals surface area contributed by atoms with Crippen LogP contribution in [0.4, 0.5) is 0 Å². The van der Waals surface area contributed by atoms with Gasteiger partial charge >= 0.3 is 0 Å². The molecule has 0 amide bonds. The number of hydrogen-bond donors (Lipinski definition) is 1. The van der Waals surface area contributed by atoms with Gasteiger partial charge < -0.3 is 5.11 Å². The van der Waals surface area contributed by atoms with Crippen LogP contribution in [0.15, 0.2) is 53.7 Å². The molecule has 0 atom stereocenters. The van der Waals surface area contributed by atoms with Crippen molar-refractivity contribution in [3.63, 3.8) is 0 Å². The molecule has 7 heteroatoms. The second kappa shape index (κ2) is 6.31. The molecule has 23 heavy (non-hydrogen) atoms.